The number of fused-ring (bicyclic) bond motifs is 3. The zero-order chi connectivity index (χ0) is 23.7. The van der Waals surface area contributed by atoms with E-state index in [0.717, 1.165) is 16.7 Å². The maximum atomic E-state index is 13.4. The number of rotatable bonds is 7. The highest BCUT2D eigenvalue weighted by Crippen LogP contribution is 2.29. The Labute approximate surface area is 194 Å². The van der Waals surface area contributed by atoms with Crippen LogP contribution in [-0.2, 0) is 22.6 Å². The Morgan fingerprint density at radius 2 is 1.76 bits per heavy atom. The summed E-state index contributed by atoms with van der Waals surface area (Å²) in [5.41, 5.74) is 4.03. The van der Waals surface area contributed by atoms with E-state index in [4.69, 9.17) is 9.84 Å². The first-order valence-electron chi connectivity index (χ1n) is 10.8. The van der Waals surface area contributed by atoms with Gasteiger partial charge in [0.25, 0.3) is 5.56 Å². The van der Waals surface area contributed by atoms with Crippen LogP contribution in [0.25, 0.3) is 27.7 Å². The molecule has 0 radical (unpaired) electrons. The monoisotopic (exact) mass is 454 g/mol. The quantitative estimate of drug-likeness (QED) is 0.402. The van der Waals surface area contributed by atoms with Gasteiger partial charge in [0.15, 0.2) is 5.65 Å². The maximum absolute atomic E-state index is 13.4. The van der Waals surface area contributed by atoms with Crippen LogP contribution in [0.2, 0.25) is 0 Å². The van der Waals surface area contributed by atoms with Crippen LogP contribution in [0.1, 0.15) is 17.3 Å². The Morgan fingerprint density at radius 3 is 2.44 bits per heavy atom. The highest BCUT2D eigenvalue weighted by atomic mass is 16.5. The molecule has 0 saturated carbocycles. The van der Waals surface area contributed by atoms with Gasteiger partial charge >= 0.3 is 5.97 Å². The average molecular weight is 454 g/mol. The number of hydrogen-bond acceptors (Lipinski definition) is 5. The van der Waals surface area contributed by atoms with Crippen LogP contribution in [0.5, 0.6) is 0 Å². The van der Waals surface area contributed by atoms with E-state index in [0.29, 0.717) is 22.2 Å². The molecule has 0 aliphatic rings. The van der Waals surface area contributed by atoms with Gasteiger partial charge in [-0.15, -0.1) is 0 Å². The molecule has 0 saturated heterocycles. The van der Waals surface area contributed by atoms with Crippen molar-refractivity contribution in [3.05, 3.63) is 101 Å². The summed E-state index contributed by atoms with van der Waals surface area (Å²) in [7, 11) is 1.60. The van der Waals surface area contributed by atoms with Gasteiger partial charge in [0.1, 0.15) is 6.04 Å². The first-order chi connectivity index (χ1) is 16.6. The molecule has 2 aromatic carbocycles. The molecule has 0 aliphatic carbocycles. The van der Waals surface area contributed by atoms with E-state index in [1.165, 1.54) is 17.0 Å². The number of carbonyl (C=O) groups is 1. The lowest BCUT2D eigenvalue weighted by molar-refractivity contribution is -0.141. The van der Waals surface area contributed by atoms with Crippen molar-refractivity contribution in [3.8, 4) is 11.1 Å². The van der Waals surface area contributed by atoms with Gasteiger partial charge in [-0.3, -0.25) is 4.79 Å². The van der Waals surface area contributed by atoms with Crippen molar-refractivity contribution in [2.45, 2.75) is 19.1 Å². The van der Waals surface area contributed by atoms with E-state index in [-0.39, 0.29) is 13.0 Å². The summed E-state index contributed by atoms with van der Waals surface area (Å²) in [6.07, 6.45) is 3.20. The number of ether oxygens (including phenoxy) is 1. The van der Waals surface area contributed by atoms with Crippen molar-refractivity contribution < 1.29 is 14.6 Å². The lowest BCUT2D eigenvalue weighted by Gasteiger charge is -2.16. The summed E-state index contributed by atoms with van der Waals surface area (Å²) >= 11 is 0. The third-order valence-corrected chi connectivity index (χ3v) is 5.85. The van der Waals surface area contributed by atoms with Crippen LogP contribution >= 0.6 is 0 Å². The van der Waals surface area contributed by atoms with Gasteiger partial charge in [-0.05, 0) is 17.2 Å². The number of pyridine rings is 1. The molecular weight excluding hydrogens is 432 g/mol. The van der Waals surface area contributed by atoms with E-state index in [1.807, 2.05) is 60.7 Å². The maximum Gasteiger partial charge on any atom is 0.327 e. The van der Waals surface area contributed by atoms with Gasteiger partial charge in [0, 0.05) is 25.9 Å². The van der Waals surface area contributed by atoms with Gasteiger partial charge in [-0.25, -0.2) is 14.3 Å². The molecule has 0 spiro atoms. The number of aromatic nitrogens is 4. The summed E-state index contributed by atoms with van der Waals surface area (Å²) in [6.45, 7) is 0.282. The van der Waals surface area contributed by atoms with Gasteiger partial charge in [0.2, 0.25) is 0 Å². The Bertz CT molecular complexity index is 1540. The molecule has 170 valence electrons. The molecule has 3 aromatic heterocycles. The Kier molecular flexibility index (Phi) is 5.65. The second kappa shape index (κ2) is 8.92. The van der Waals surface area contributed by atoms with Crippen LogP contribution in [-0.4, -0.2) is 37.4 Å². The second-order valence-electron chi connectivity index (χ2n) is 7.99. The molecule has 34 heavy (non-hydrogen) atoms. The number of methoxy groups -OCH3 is 1. The van der Waals surface area contributed by atoms with Crippen molar-refractivity contribution in [3.63, 3.8) is 0 Å². The van der Waals surface area contributed by atoms with Gasteiger partial charge < -0.3 is 14.4 Å². The smallest absolute Gasteiger partial charge is 0.327 e. The van der Waals surface area contributed by atoms with E-state index in [2.05, 4.69) is 4.98 Å². The largest absolute Gasteiger partial charge is 0.480 e. The zero-order valence-corrected chi connectivity index (χ0v) is 18.5. The van der Waals surface area contributed by atoms with Crippen LogP contribution < -0.4 is 5.56 Å². The highest BCUT2D eigenvalue weighted by molar-refractivity contribution is 5.86. The molecule has 0 aliphatic heterocycles. The van der Waals surface area contributed by atoms with Crippen molar-refractivity contribution in [1.82, 2.24) is 19.2 Å². The predicted octanol–water partition coefficient (Wildman–Crippen LogP) is 3.73. The van der Waals surface area contributed by atoms with Crippen LogP contribution in [0, 0.1) is 0 Å². The number of hydrogen-bond donors (Lipinski definition) is 1. The molecule has 5 rings (SSSR count). The third kappa shape index (κ3) is 3.74. The fourth-order valence-electron chi connectivity index (χ4n) is 4.25. The minimum Gasteiger partial charge on any atom is -0.480 e. The molecule has 8 heteroatoms. The van der Waals surface area contributed by atoms with Crippen molar-refractivity contribution in [2.75, 3.05) is 7.11 Å². The predicted molar refractivity (Wildman–Crippen MR) is 128 cm³/mol. The molecule has 1 unspecified atom stereocenters. The minimum atomic E-state index is -1.08. The number of nitrogens with zero attached hydrogens (tertiary/aromatic N) is 4. The van der Waals surface area contributed by atoms with Crippen molar-refractivity contribution in [1.29, 1.82) is 0 Å². The third-order valence-electron chi connectivity index (χ3n) is 5.85. The van der Waals surface area contributed by atoms with Gasteiger partial charge in [-0.1, -0.05) is 60.7 Å². The first kappa shape index (κ1) is 21.5. The Hall–Kier alpha value is -4.30. The van der Waals surface area contributed by atoms with E-state index >= 15 is 0 Å². The van der Waals surface area contributed by atoms with E-state index < -0.39 is 17.6 Å². The normalized spacial score (nSPS) is 12.3. The summed E-state index contributed by atoms with van der Waals surface area (Å²) in [5.74, 6) is -1.08. The first-order valence-corrected chi connectivity index (χ1v) is 10.8. The molecule has 1 atom stereocenters. The van der Waals surface area contributed by atoms with Gasteiger partial charge in [0.05, 0.1) is 28.8 Å². The lowest BCUT2D eigenvalue weighted by atomic mass is 10.1. The van der Waals surface area contributed by atoms with E-state index in [1.54, 1.807) is 17.7 Å². The summed E-state index contributed by atoms with van der Waals surface area (Å²) in [5, 5.41) is 14.9. The number of benzene rings is 2. The standard InChI is InChI=1S/C26H22N4O4/c1-34-16-20-23(18-10-6-3-7-11-18)24-27-15-19-21(30(24)28-20)12-13-29(25(19)31)22(26(32)33)14-17-8-4-2-5-9-17/h2-13,15,22H,14,16H2,1H3,(H,32,33). The highest BCUT2D eigenvalue weighted by Gasteiger charge is 2.24. The summed E-state index contributed by atoms with van der Waals surface area (Å²) in [6, 6.07) is 19.7. The summed E-state index contributed by atoms with van der Waals surface area (Å²) in [4.78, 5) is 30.0. The second-order valence-corrected chi connectivity index (χ2v) is 7.99. The Morgan fingerprint density at radius 1 is 1.06 bits per heavy atom. The van der Waals surface area contributed by atoms with Crippen LogP contribution in [0.15, 0.2) is 83.9 Å². The lowest BCUT2D eigenvalue weighted by Crippen LogP contribution is -2.31. The fraction of sp³-hybridized carbons (Fsp3) is 0.154. The molecule has 0 fully saturated rings. The average Bonchev–Trinajstić information content (AvgIpc) is 3.23. The zero-order valence-electron chi connectivity index (χ0n) is 18.5. The molecular formula is C26H22N4O4. The molecule has 5 aromatic rings. The number of carboxylic acids is 1. The molecule has 0 bridgehead atoms. The number of aliphatic carboxylic acids is 1. The number of carboxylic acid groups (broad SMARTS) is 1. The van der Waals surface area contributed by atoms with E-state index in [9.17, 15) is 14.7 Å². The van der Waals surface area contributed by atoms with Crippen molar-refractivity contribution in [2.24, 2.45) is 0 Å². The summed E-state index contributed by atoms with van der Waals surface area (Å²) < 4.78 is 8.24. The fourth-order valence-corrected chi connectivity index (χ4v) is 4.25. The molecule has 3 heterocycles. The topological polar surface area (TPSA) is 98.7 Å². The molecule has 8 nitrogen and oxygen atoms in total. The minimum absolute atomic E-state index is 0.190. The van der Waals surface area contributed by atoms with Crippen LogP contribution in [0.4, 0.5) is 0 Å². The SMILES string of the molecule is COCc1nn2c(ncc3c(=O)n(C(Cc4ccccc4)C(=O)O)ccc32)c1-c1ccccc1. The molecule has 1 N–H and O–H groups in total. The van der Waals surface area contributed by atoms with Crippen LogP contribution in [0.3, 0.4) is 0 Å². The van der Waals surface area contributed by atoms with Crippen molar-refractivity contribution >= 4 is 22.5 Å². The Balaban J connectivity index is 1.68. The van der Waals surface area contributed by atoms with Gasteiger partial charge in [-0.2, -0.15) is 5.10 Å². The molecule has 0 amide bonds.